The minimum atomic E-state index is 0.627. The summed E-state index contributed by atoms with van der Waals surface area (Å²) < 4.78 is 0. The molecule has 42 heavy (non-hydrogen) atoms. The largest absolute Gasteiger partial charge is 0.256 e. The number of hydrogen-bond donors (Lipinski definition) is 0. The third-order valence-corrected chi connectivity index (χ3v) is 7.15. The van der Waals surface area contributed by atoms with Crippen LogP contribution in [0.25, 0.3) is 67.5 Å². The van der Waals surface area contributed by atoms with Crippen LogP contribution in [0.2, 0.25) is 0 Å². The molecule has 0 aliphatic carbocycles. The standard InChI is InChI=1S/C37H25N5/c1-2-8-30(9-3-1)36-40-25-41-37(42-36)33-23-31(26-12-16-28(17-13-26)34-10-4-6-20-38-34)22-32(24-33)27-14-18-29(19-15-27)35-11-5-7-21-39-35/h1-25H. The molecule has 0 saturated heterocycles. The van der Waals surface area contributed by atoms with Crippen LogP contribution in [0.4, 0.5) is 0 Å². The van der Waals surface area contributed by atoms with Crippen LogP contribution in [-0.2, 0) is 0 Å². The average Bonchev–Trinajstić information content (AvgIpc) is 3.09. The third kappa shape index (κ3) is 5.31. The van der Waals surface area contributed by atoms with Crippen LogP contribution in [0, 0.1) is 0 Å². The highest BCUT2D eigenvalue weighted by Gasteiger charge is 2.12. The van der Waals surface area contributed by atoms with Gasteiger partial charge in [-0.3, -0.25) is 9.97 Å². The number of pyridine rings is 2. The first-order chi connectivity index (χ1) is 20.8. The van der Waals surface area contributed by atoms with Gasteiger partial charge in [0.2, 0.25) is 0 Å². The van der Waals surface area contributed by atoms with Crippen LogP contribution in [-0.4, -0.2) is 24.9 Å². The molecule has 0 amide bonds. The maximum absolute atomic E-state index is 4.85. The molecule has 0 atom stereocenters. The molecule has 3 heterocycles. The molecular weight excluding hydrogens is 514 g/mol. The van der Waals surface area contributed by atoms with Gasteiger partial charge < -0.3 is 0 Å². The molecule has 0 fully saturated rings. The van der Waals surface area contributed by atoms with E-state index < -0.39 is 0 Å². The van der Waals surface area contributed by atoms with Gasteiger partial charge in [0.05, 0.1) is 11.4 Å². The molecule has 4 aromatic carbocycles. The zero-order valence-electron chi connectivity index (χ0n) is 22.7. The van der Waals surface area contributed by atoms with Crippen molar-refractivity contribution in [2.24, 2.45) is 0 Å². The topological polar surface area (TPSA) is 64.5 Å². The Balaban J connectivity index is 1.32. The third-order valence-electron chi connectivity index (χ3n) is 7.15. The quantitative estimate of drug-likeness (QED) is 0.212. The van der Waals surface area contributed by atoms with E-state index in [2.05, 4.69) is 86.7 Å². The van der Waals surface area contributed by atoms with Gasteiger partial charge in [-0.25, -0.2) is 15.0 Å². The number of aromatic nitrogens is 5. The lowest BCUT2D eigenvalue weighted by atomic mass is 9.94. The highest BCUT2D eigenvalue weighted by atomic mass is 15.0. The fourth-order valence-electron chi connectivity index (χ4n) is 4.99. The highest BCUT2D eigenvalue weighted by molar-refractivity contribution is 5.81. The molecule has 3 aromatic heterocycles. The first kappa shape index (κ1) is 25.2. The maximum atomic E-state index is 4.85. The predicted octanol–water partition coefficient (Wildman–Crippen LogP) is 8.66. The average molecular weight is 540 g/mol. The lowest BCUT2D eigenvalue weighted by molar-refractivity contribution is 1.07. The molecule has 0 N–H and O–H groups in total. The molecule has 0 saturated carbocycles. The molecule has 7 aromatic rings. The van der Waals surface area contributed by atoms with Crippen LogP contribution in [0.1, 0.15) is 0 Å². The molecule has 0 bridgehead atoms. The Kier molecular flexibility index (Phi) is 6.81. The van der Waals surface area contributed by atoms with Gasteiger partial charge in [-0.2, -0.15) is 0 Å². The predicted molar refractivity (Wildman–Crippen MR) is 168 cm³/mol. The van der Waals surface area contributed by atoms with E-state index in [1.807, 2.05) is 79.1 Å². The van der Waals surface area contributed by atoms with Crippen molar-refractivity contribution in [3.05, 3.63) is 152 Å². The Labute approximate surface area is 244 Å². The minimum absolute atomic E-state index is 0.627. The molecule has 7 rings (SSSR count). The second-order valence-corrected chi connectivity index (χ2v) is 9.88. The maximum Gasteiger partial charge on any atom is 0.163 e. The molecule has 198 valence electrons. The van der Waals surface area contributed by atoms with Crippen LogP contribution in [0.5, 0.6) is 0 Å². The molecule has 5 nitrogen and oxygen atoms in total. The van der Waals surface area contributed by atoms with Gasteiger partial charge in [0.1, 0.15) is 6.33 Å². The normalized spacial score (nSPS) is 10.9. The summed E-state index contributed by atoms with van der Waals surface area (Å²) in [6.07, 6.45) is 5.22. The number of nitrogens with zero attached hydrogens (tertiary/aromatic N) is 5. The van der Waals surface area contributed by atoms with Gasteiger partial charge in [-0.1, -0.05) is 91.0 Å². The summed E-state index contributed by atoms with van der Waals surface area (Å²) in [6.45, 7) is 0. The lowest BCUT2D eigenvalue weighted by Crippen LogP contribution is -1.96. The van der Waals surface area contributed by atoms with E-state index in [4.69, 9.17) is 4.98 Å². The van der Waals surface area contributed by atoms with Crippen molar-refractivity contribution >= 4 is 0 Å². The van der Waals surface area contributed by atoms with Crippen LogP contribution < -0.4 is 0 Å². The second-order valence-electron chi connectivity index (χ2n) is 9.88. The van der Waals surface area contributed by atoms with Crippen molar-refractivity contribution < 1.29 is 0 Å². The Bertz CT molecular complexity index is 1840. The Morgan fingerprint density at radius 1 is 0.310 bits per heavy atom. The van der Waals surface area contributed by atoms with Gasteiger partial charge in [-0.15, -0.1) is 0 Å². The summed E-state index contributed by atoms with van der Waals surface area (Å²) in [4.78, 5) is 22.9. The highest BCUT2D eigenvalue weighted by Crippen LogP contribution is 2.34. The van der Waals surface area contributed by atoms with E-state index in [0.717, 1.165) is 55.9 Å². The van der Waals surface area contributed by atoms with Gasteiger partial charge in [0.15, 0.2) is 11.6 Å². The summed E-state index contributed by atoms with van der Waals surface area (Å²) in [6, 6.07) is 45.4. The van der Waals surface area contributed by atoms with Gasteiger partial charge >= 0.3 is 0 Å². The Morgan fingerprint density at radius 2 is 0.762 bits per heavy atom. The Hall–Kier alpha value is -5.81. The Morgan fingerprint density at radius 3 is 1.26 bits per heavy atom. The lowest BCUT2D eigenvalue weighted by Gasteiger charge is -2.12. The van der Waals surface area contributed by atoms with Crippen molar-refractivity contribution in [2.75, 3.05) is 0 Å². The molecular formula is C37H25N5. The van der Waals surface area contributed by atoms with Crippen LogP contribution in [0.15, 0.2) is 152 Å². The van der Waals surface area contributed by atoms with Crippen LogP contribution >= 0.6 is 0 Å². The summed E-state index contributed by atoms with van der Waals surface area (Å²) >= 11 is 0. The van der Waals surface area contributed by atoms with E-state index in [-0.39, 0.29) is 0 Å². The first-order valence-corrected chi connectivity index (χ1v) is 13.7. The first-order valence-electron chi connectivity index (χ1n) is 13.7. The van der Waals surface area contributed by atoms with Gasteiger partial charge in [0, 0.05) is 34.6 Å². The van der Waals surface area contributed by atoms with Gasteiger partial charge in [0.25, 0.3) is 0 Å². The van der Waals surface area contributed by atoms with Crippen molar-refractivity contribution in [3.8, 4) is 67.5 Å². The molecule has 0 aliphatic heterocycles. The molecule has 0 spiro atoms. The van der Waals surface area contributed by atoms with Crippen molar-refractivity contribution in [3.63, 3.8) is 0 Å². The number of rotatable bonds is 6. The molecule has 5 heteroatoms. The smallest absolute Gasteiger partial charge is 0.163 e. The van der Waals surface area contributed by atoms with E-state index in [1.54, 1.807) is 6.33 Å². The minimum Gasteiger partial charge on any atom is -0.256 e. The summed E-state index contributed by atoms with van der Waals surface area (Å²) in [5, 5.41) is 0. The number of hydrogen-bond acceptors (Lipinski definition) is 5. The van der Waals surface area contributed by atoms with Crippen molar-refractivity contribution in [1.82, 2.24) is 24.9 Å². The van der Waals surface area contributed by atoms with Gasteiger partial charge in [-0.05, 0) is 64.7 Å². The molecule has 0 unspecified atom stereocenters. The fraction of sp³-hybridized carbons (Fsp3) is 0. The van der Waals surface area contributed by atoms with Crippen LogP contribution in [0.3, 0.4) is 0 Å². The molecule has 0 aliphatic rings. The SMILES string of the molecule is c1ccc(-c2ncnc(-c3cc(-c4ccc(-c5ccccn5)cc4)cc(-c4ccc(-c5ccccn5)cc4)c3)n2)cc1. The van der Waals surface area contributed by atoms with E-state index in [1.165, 1.54) is 0 Å². The number of benzene rings is 4. The summed E-state index contributed by atoms with van der Waals surface area (Å²) in [5.41, 5.74) is 10.3. The zero-order chi connectivity index (χ0) is 28.1. The summed E-state index contributed by atoms with van der Waals surface area (Å²) in [5.74, 6) is 1.27. The van der Waals surface area contributed by atoms with E-state index in [0.29, 0.717) is 11.6 Å². The van der Waals surface area contributed by atoms with Crippen molar-refractivity contribution in [1.29, 1.82) is 0 Å². The summed E-state index contributed by atoms with van der Waals surface area (Å²) in [7, 11) is 0. The van der Waals surface area contributed by atoms with E-state index in [9.17, 15) is 0 Å². The monoisotopic (exact) mass is 539 g/mol. The zero-order valence-corrected chi connectivity index (χ0v) is 22.7. The molecule has 0 radical (unpaired) electrons. The second kappa shape index (κ2) is 11.4. The van der Waals surface area contributed by atoms with Crippen molar-refractivity contribution in [2.45, 2.75) is 0 Å². The van der Waals surface area contributed by atoms with E-state index >= 15 is 0 Å². The fourth-order valence-corrected chi connectivity index (χ4v) is 4.99.